The first kappa shape index (κ1) is 16.6. The zero-order chi connectivity index (χ0) is 16.3. The van der Waals surface area contributed by atoms with Crippen LogP contribution in [0.1, 0.15) is 5.56 Å². The van der Waals surface area contributed by atoms with Gasteiger partial charge in [-0.15, -0.1) is 0 Å². The third-order valence-electron chi connectivity index (χ3n) is 3.28. The van der Waals surface area contributed by atoms with Gasteiger partial charge in [-0.1, -0.05) is 0 Å². The number of carbonyl (C=O) groups excluding carboxylic acids is 1. The smallest absolute Gasteiger partial charge is 0.376 e. The zero-order valence-corrected chi connectivity index (χ0v) is 12.3. The topological polar surface area (TPSA) is 53.6 Å². The fourth-order valence-corrected chi connectivity index (χ4v) is 2.15. The number of amides is 1. The van der Waals surface area contributed by atoms with Crippen LogP contribution in [0.2, 0.25) is 0 Å². The van der Waals surface area contributed by atoms with Gasteiger partial charge in [-0.2, -0.15) is 13.2 Å². The second-order valence-electron chi connectivity index (χ2n) is 5.18. The molecule has 0 saturated carbocycles. The number of benzene rings is 1. The molecule has 1 fully saturated rings. The molecule has 0 aromatic heterocycles. The first-order valence-corrected chi connectivity index (χ1v) is 6.81. The zero-order valence-electron chi connectivity index (χ0n) is 12.3. The minimum absolute atomic E-state index is 0.110. The van der Waals surface area contributed by atoms with E-state index in [-0.39, 0.29) is 5.69 Å². The number of nitrogens with one attached hydrogen (secondary N) is 2. The van der Waals surface area contributed by atoms with E-state index in [2.05, 4.69) is 10.6 Å². The maximum absolute atomic E-state index is 12.8. The number of halogens is 3. The quantitative estimate of drug-likeness (QED) is 0.891. The summed E-state index contributed by atoms with van der Waals surface area (Å²) in [5, 5.41) is 5.53. The first-order valence-electron chi connectivity index (χ1n) is 6.81. The number of ether oxygens (including phenoxy) is 1. The Bertz CT molecular complexity index is 541. The van der Waals surface area contributed by atoms with E-state index in [1.165, 1.54) is 6.07 Å². The molecule has 2 N–H and O–H groups in total. The Labute approximate surface area is 126 Å². The van der Waals surface area contributed by atoms with E-state index in [4.69, 9.17) is 4.74 Å². The summed E-state index contributed by atoms with van der Waals surface area (Å²) in [6, 6.07) is 3.26. The normalized spacial score (nSPS) is 18.9. The van der Waals surface area contributed by atoms with Gasteiger partial charge in [0.25, 0.3) is 5.91 Å². The van der Waals surface area contributed by atoms with Crippen LogP contribution in [-0.4, -0.2) is 45.8 Å². The Balaban J connectivity index is 2.24. The van der Waals surface area contributed by atoms with Gasteiger partial charge in [0.2, 0.25) is 0 Å². The standard InChI is InChI=1S/C14H18F3N3O2/c1-20(2)11-4-3-9(14(15,16)17)7-10(11)19-13(21)12-8-18-5-6-22-12/h3-4,7,12,18H,5-6,8H2,1-2H3,(H,19,21). The van der Waals surface area contributed by atoms with Crippen molar-refractivity contribution in [3.63, 3.8) is 0 Å². The molecule has 22 heavy (non-hydrogen) atoms. The molecule has 0 spiro atoms. The van der Waals surface area contributed by atoms with Crippen LogP contribution >= 0.6 is 0 Å². The Morgan fingerprint density at radius 1 is 1.41 bits per heavy atom. The summed E-state index contributed by atoms with van der Waals surface area (Å²) in [5.41, 5.74) is -0.208. The molecule has 1 aliphatic rings. The van der Waals surface area contributed by atoms with Crippen molar-refractivity contribution in [2.24, 2.45) is 0 Å². The fourth-order valence-electron chi connectivity index (χ4n) is 2.15. The molecular weight excluding hydrogens is 299 g/mol. The van der Waals surface area contributed by atoms with Gasteiger partial charge in [0.1, 0.15) is 6.10 Å². The van der Waals surface area contributed by atoms with Crippen molar-refractivity contribution in [2.45, 2.75) is 12.3 Å². The van der Waals surface area contributed by atoms with E-state index in [0.29, 0.717) is 25.4 Å². The number of hydrogen-bond donors (Lipinski definition) is 2. The van der Waals surface area contributed by atoms with E-state index < -0.39 is 23.8 Å². The average molecular weight is 317 g/mol. The van der Waals surface area contributed by atoms with Gasteiger partial charge in [0, 0.05) is 27.2 Å². The summed E-state index contributed by atoms with van der Waals surface area (Å²) in [7, 11) is 3.38. The number of anilines is 2. The third-order valence-corrected chi connectivity index (χ3v) is 3.28. The van der Waals surface area contributed by atoms with E-state index >= 15 is 0 Å². The molecule has 1 aromatic rings. The van der Waals surface area contributed by atoms with Crippen LogP contribution in [0.3, 0.4) is 0 Å². The van der Waals surface area contributed by atoms with Gasteiger partial charge < -0.3 is 20.3 Å². The molecule has 1 amide bonds. The summed E-state index contributed by atoms with van der Waals surface area (Å²) < 4.78 is 43.8. The second-order valence-corrected chi connectivity index (χ2v) is 5.18. The number of rotatable bonds is 3. The molecule has 8 heteroatoms. The van der Waals surface area contributed by atoms with E-state index in [1.807, 2.05) is 0 Å². The van der Waals surface area contributed by atoms with Gasteiger partial charge in [0.15, 0.2) is 0 Å². The minimum Gasteiger partial charge on any atom is -0.376 e. The second kappa shape index (κ2) is 6.53. The van der Waals surface area contributed by atoms with Gasteiger partial charge in [0.05, 0.1) is 23.5 Å². The Hall–Kier alpha value is -1.80. The van der Waals surface area contributed by atoms with Gasteiger partial charge in [-0.25, -0.2) is 0 Å². The molecule has 1 saturated heterocycles. The molecule has 0 bridgehead atoms. The lowest BCUT2D eigenvalue weighted by Gasteiger charge is -2.25. The highest BCUT2D eigenvalue weighted by Crippen LogP contribution is 2.35. The Morgan fingerprint density at radius 3 is 2.68 bits per heavy atom. The van der Waals surface area contributed by atoms with Crippen molar-refractivity contribution >= 4 is 17.3 Å². The SMILES string of the molecule is CN(C)c1ccc(C(F)(F)F)cc1NC(=O)C1CNCCO1. The summed E-state index contributed by atoms with van der Waals surface area (Å²) in [4.78, 5) is 13.8. The molecule has 1 heterocycles. The van der Waals surface area contributed by atoms with E-state index in [9.17, 15) is 18.0 Å². The molecule has 1 unspecified atom stereocenters. The van der Waals surface area contributed by atoms with Crippen molar-refractivity contribution in [1.82, 2.24) is 5.32 Å². The van der Waals surface area contributed by atoms with Crippen LogP contribution in [0.25, 0.3) is 0 Å². The lowest BCUT2D eigenvalue weighted by Crippen LogP contribution is -2.45. The molecule has 122 valence electrons. The molecular formula is C14H18F3N3O2. The Morgan fingerprint density at radius 2 is 2.14 bits per heavy atom. The van der Waals surface area contributed by atoms with Crippen molar-refractivity contribution in [3.8, 4) is 0 Å². The summed E-state index contributed by atoms with van der Waals surface area (Å²) in [6.45, 7) is 1.37. The lowest BCUT2D eigenvalue weighted by molar-refractivity contribution is -0.137. The minimum atomic E-state index is -4.47. The van der Waals surface area contributed by atoms with Crippen LogP contribution < -0.4 is 15.5 Å². The largest absolute Gasteiger partial charge is 0.416 e. The van der Waals surface area contributed by atoms with Crippen molar-refractivity contribution in [1.29, 1.82) is 0 Å². The van der Waals surface area contributed by atoms with Gasteiger partial charge in [-0.05, 0) is 18.2 Å². The number of hydrogen-bond acceptors (Lipinski definition) is 4. The maximum Gasteiger partial charge on any atom is 0.416 e. The van der Waals surface area contributed by atoms with E-state index in [1.54, 1.807) is 19.0 Å². The van der Waals surface area contributed by atoms with Crippen molar-refractivity contribution in [3.05, 3.63) is 23.8 Å². The lowest BCUT2D eigenvalue weighted by atomic mass is 10.1. The number of nitrogens with zero attached hydrogens (tertiary/aromatic N) is 1. The van der Waals surface area contributed by atoms with Gasteiger partial charge in [-0.3, -0.25) is 4.79 Å². The van der Waals surface area contributed by atoms with Crippen molar-refractivity contribution in [2.75, 3.05) is 44.0 Å². The van der Waals surface area contributed by atoms with Crippen LogP contribution in [0.15, 0.2) is 18.2 Å². The van der Waals surface area contributed by atoms with Crippen LogP contribution in [-0.2, 0) is 15.7 Å². The number of morpholine rings is 1. The molecule has 5 nitrogen and oxygen atoms in total. The highest BCUT2D eigenvalue weighted by molar-refractivity contribution is 5.97. The maximum atomic E-state index is 12.8. The predicted molar refractivity (Wildman–Crippen MR) is 77.0 cm³/mol. The molecule has 1 aromatic carbocycles. The molecule has 1 aliphatic heterocycles. The fraction of sp³-hybridized carbons (Fsp3) is 0.500. The Kier molecular flexibility index (Phi) is 4.92. The van der Waals surface area contributed by atoms with Gasteiger partial charge >= 0.3 is 6.18 Å². The predicted octanol–water partition coefficient (Wildman–Crippen LogP) is 1.70. The van der Waals surface area contributed by atoms with Crippen LogP contribution in [0, 0.1) is 0 Å². The highest BCUT2D eigenvalue weighted by Gasteiger charge is 2.32. The summed E-state index contributed by atoms with van der Waals surface area (Å²) in [6.07, 6.45) is -5.17. The number of alkyl halides is 3. The number of carbonyl (C=O) groups is 1. The highest BCUT2D eigenvalue weighted by atomic mass is 19.4. The van der Waals surface area contributed by atoms with Crippen molar-refractivity contribution < 1.29 is 22.7 Å². The average Bonchev–Trinajstić information content (AvgIpc) is 2.47. The summed E-state index contributed by atoms with van der Waals surface area (Å²) >= 11 is 0. The van der Waals surface area contributed by atoms with E-state index in [0.717, 1.165) is 12.1 Å². The van der Waals surface area contributed by atoms with Crippen LogP contribution in [0.5, 0.6) is 0 Å². The first-order chi connectivity index (χ1) is 10.3. The molecule has 1 atom stereocenters. The third kappa shape index (κ3) is 3.89. The molecule has 0 aliphatic carbocycles. The summed E-state index contributed by atoms with van der Waals surface area (Å²) in [5.74, 6) is -0.463. The molecule has 0 radical (unpaired) electrons. The monoisotopic (exact) mass is 317 g/mol. The van der Waals surface area contributed by atoms with Crippen LogP contribution in [0.4, 0.5) is 24.5 Å². The molecule has 2 rings (SSSR count).